The summed E-state index contributed by atoms with van der Waals surface area (Å²) in [6.07, 6.45) is 1.98. The van der Waals surface area contributed by atoms with Crippen LogP contribution >= 0.6 is 0 Å². The molecule has 1 aromatic heterocycles. The SMILES string of the molecule is CCC(C)NC(=O)CCNC(=O)c1cc(C(=O)O)co1. The summed E-state index contributed by atoms with van der Waals surface area (Å²) in [6.45, 7) is 4.01. The second kappa shape index (κ2) is 7.32. The third-order valence-electron chi connectivity index (χ3n) is 2.73. The van der Waals surface area contributed by atoms with E-state index in [2.05, 4.69) is 10.6 Å². The fourth-order valence-electron chi connectivity index (χ4n) is 1.39. The molecule has 3 N–H and O–H groups in total. The van der Waals surface area contributed by atoms with Crippen LogP contribution in [-0.2, 0) is 4.79 Å². The summed E-state index contributed by atoms with van der Waals surface area (Å²) in [5, 5.41) is 13.9. The van der Waals surface area contributed by atoms with Crippen LogP contribution in [0.1, 0.15) is 47.6 Å². The van der Waals surface area contributed by atoms with Crippen LogP contribution in [0.2, 0.25) is 0 Å². The van der Waals surface area contributed by atoms with Crippen LogP contribution in [0.25, 0.3) is 0 Å². The number of nitrogens with one attached hydrogen (secondary N) is 2. The number of carboxylic acids is 1. The topological polar surface area (TPSA) is 109 Å². The summed E-state index contributed by atoms with van der Waals surface area (Å²) < 4.78 is 4.83. The van der Waals surface area contributed by atoms with E-state index in [1.807, 2.05) is 13.8 Å². The fourth-order valence-corrected chi connectivity index (χ4v) is 1.39. The maximum atomic E-state index is 11.6. The van der Waals surface area contributed by atoms with E-state index in [4.69, 9.17) is 9.52 Å². The Kier molecular flexibility index (Phi) is 5.76. The van der Waals surface area contributed by atoms with Gasteiger partial charge in [-0.05, 0) is 13.3 Å². The summed E-state index contributed by atoms with van der Waals surface area (Å²) in [7, 11) is 0. The van der Waals surface area contributed by atoms with Crippen molar-refractivity contribution >= 4 is 17.8 Å². The van der Waals surface area contributed by atoms with E-state index in [9.17, 15) is 14.4 Å². The lowest BCUT2D eigenvalue weighted by atomic mass is 10.2. The van der Waals surface area contributed by atoms with Crippen molar-refractivity contribution in [2.45, 2.75) is 32.7 Å². The first-order valence-electron chi connectivity index (χ1n) is 6.33. The van der Waals surface area contributed by atoms with E-state index < -0.39 is 11.9 Å². The van der Waals surface area contributed by atoms with Gasteiger partial charge in [-0.25, -0.2) is 4.79 Å². The van der Waals surface area contributed by atoms with Crippen molar-refractivity contribution in [2.24, 2.45) is 0 Å². The first-order chi connectivity index (χ1) is 9.43. The van der Waals surface area contributed by atoms with Crippen LogP contribution in [0.5, 0.6) is 0 Å². The van der Waals surface area contributed by atoms with E-state index in [0.717, 1.165) is 18.8 Å². The summed E-state index contributed by atoms with van der Waals surface area (Å²) in [6, 6.07) is 1.23. The molecule has 1 heterocycles. The highest BCUT2D eigenvalue weighted by Gasteiger charge is 2.14. The number of carboxylic acid groups (broad SMARTS) is 1. The average Bonchev–Trinajstić information content (AvgIpc) is 2.88. The van der Waals surface area contributed by atoms with Gasteiger partial charge in [0.05, 0.1) is 5.56 Å². The molecule has 0 saturated carbocycles. The number of hydrogen-bond donors (Lipinski definition) is 3. The lowest BCUT2D eigenvalue weighted by Gasteiger charge is -2.11. The Morgan fingerprint density at radius 3 is 2.65 bits per heavy atom. The molecule has 1 rings (SSSR count). The summed E-state index contributed by atoms with van der Waals surface area (Å²) in [5.41, 5.74) is -0.0929. The van der Waals surface area contributed by atoms with Gasteiger partial charge in [-0.2, -0.15) is 0 Å². The molecule has 0 fully saturated rings. The molecule has 0 bridgehead atoms. The lowest BCUT2D eigenvalue weighted by molar-refractivity contribution is -0.121. The normalized spacial score (nSPS) is 11.7. The van der Waals surface area contributed by atoms with Crippen LogP contribution in [0.15, 0.2) is 16.7 Å². The molecule has 0 radical (unpaired) electrons. The maximum Gasteiger partial charge on any atom is 0.338 e. The monoisotopic (exact) mass is 282 g/mol. The minimum Gasteiger partial charge on any atom is -0.478 e. The Hall–Kier alpha value is -2.31. The van der Waals surface area contributed by atoms with Gasteiger partial charge in [0.2, 0.25) is 5.91 Å². The van der Waals surface area contributed by atoms with Gasteiger partial charge in [0.15, 0.2) is 5.76 Å². The van der Waals surface area contributed by atoms with Gasteiger partial charge < -0.3 is 20.2 Å². The Bertz CT molecular complexity index is 495. The van der Waals surface area contributed by atoms with E-state index >= 15 is 0 Å². The second-order valence-electron chi connectivity index (χ2n) is 4.39. The van der Waals surface area contributed by atoms with Gasteiger partial charge >= 0.3 is 5.97 Å². The van der Waals surface area contributed by atoms with Gasteiger partial charge in [0.1, 0.15) is 6.26 Å². The molecule has 1 unspecified atom stereocenters. The van der Waals surface area contributed by atoms with Gasteiger partial charge in [-0.1, -0.05) is 6.92 Å². The molecule has 7 nitrogen and oxygen atoms in total. The number of amides is 2. The van der Waals surface area contributed by atoms with Crippen molar-refractivity contribution in [3.63, 3.8) is 0 Å². The quantitative estimate of drug-likeness (QED) is 0.691. The second-order valence-corrected chi connectivity index (χ2v) is 4.39. The standard InChI is InChI=1S/C13H18N2O5/c1-3-8(2)15-11(16)4-5-14-12(17)10-6-9(7-20-10)13(18)19/h6-8H,3-5H2,1-2H3,(H,14,17)(H,15,16)(H,18,19). The number of carbonyl (C=O) groups excluding carboxylic acids is 2. The number of furan rings is 1. The molecule has 0 aliphatic carbocycles. The molecule has 0 aliphatic heterocycles. The zero-order valence-electron chi connectivity index (χ0n) is 11.4. The van der Waals surface area contributed by atoms with Gasteiger partial charge in [0, 0.05) is 25.1 Å². The molecule has 1 atom stereocenters. The third-order valence-corrected chi connectivity index (χ3v) is 2.73. The minimum absolute atomic E-state index is 0.0928. The van der Waals surface area contributed by atoms with Gasteiger partial charge in [-0.3, -0.25) is 9.59 Å². The van der Waals surface area contributed by atoms with Crippen molar-refractivity contribution in [1.29, 1.82) is 0 Å². The lowest BCUT2D eigenvalue weighted by Crippen LogP contribution is -2.35. The highest BCUT2D eigenvalue weighted by Crippen LogP contribution is 2.07. The van der Waals surface area contributed by atoms with Crippen molar-refractivity contribution in [1.82, 2.24) is 10.6 Å². The molecule has 20 heavy (non-hydrogen) atoms. The number of carbonyl (C=O) groups is 3. The predicted molar refractivity (Wildman–Crippen MR) is 70.5 cm³/mol. The predicted octanol–water partition coefficient (Wildman–Crippen LogP) is 1.01. The van der Waals surface area contributed by atoms with Crippen LogP contribution in [0.3, 0.4) is 0 Å². The Labute approximate surface area is 116 Å². The summed E-state index contributed by atoms with van der Waals surface area (Å²) >= 11 is 0. The smallest absolute Gasteiger partial charge is 0.338 e. The van der Waals surface area contributed by atoms with Gasteiger partial charge in [-0.15, -0.1) is 0 Å². The number of aromatic carboxylic acids is 1. The number of rotatable bonds is 7. The molecular weight excluding hydrogens is 264 g/mol. The van der Waals surface area contributed by atoms with E-state index in [-0.39, 0.29) is 36.2 Å². The van der Waals surface area contributed by atoms with Crippen molar-refractivity contribution in [3.8, 4) is 0 Å². The average molecular weight is 282 g/mol. The molecule has 2 amide bonds. The molecule has 110 valence electrons. The molecule has 0 aromatic carbocycles. The molecule has 0 spiro atoms. The number of hydrogen-bond acceptors (Lipinski definition) is 4. The van der Waals surface area contributed by atoms with E-state index in [1.54, 1.807) is 0 Å². The first kappa shape index (κ1) is 15.7. The summed E-state index contributed by atoms with van der Waals surface area (Å²) in [5.74, 6) is -1.95. The highest BCUT2D eigenvalue weighted by molar-refractivity contribution is 5.95. The molecule has 1 aromatic rings. The molecule has 7 heteroatoms. The van der Waals surface area contributed by atoms with Gasteiger partial charge in [0.25, 0.3) is 5.91 Å². The molecular formula is C13H18N2O5. The van der Waals surface area contributed by atoms with Crippen LogP contribution in [0, 0.1) is 0 Å². The van der Waals surface area contributed by atoms with Crippen LogP contribution in [0.4, 0.5) is 0 Å². The molecule has 0 saturated heterocycles. The largest absolute Gasteiger partial charge is 0.478 e. The first-order valence-corrected chi connectivity index (χ1v) is 6.33. The maximum absolute atomic E-state index is 11.6. The van der Waals surface area contributed by atoms with Crippen LogP contribution in [-0.4, -0.2) is 35.5 Å². The van der Waals surface area contributed by atoms with Crippen LogP contribution < -0.4 is 10.6 Å². The fraction of sp³-hybridized carbons (Fsp3) is 0.462. The highest BCUT2D eigenvalue weighted by atomic mass is 16.4. The zero-order chi connectivity index (χ0) is 15.1. The van der Waals surface area contributed by atoms with Crippen molar-refractivity contribution in [2.75, 3.05) is 6.54 Å². The molecule has 0 aliphatic rings. The Morgan fingerprint density at radius 1 is 1.40 bits per heavy atom. The zero-order valence-corrected chi connectivity index (χ0v) is 11.4. The Morgan fingerprint density at radius 2 is 2.10 bits per heavy atom. The van der Waals surface area contributed by atoms with E-state index in [1.165, 1.54) is 0 Å². The third kappa shape index (κ3) is 4.75. The minimum atomic E-state index is -1.17. The van der Waals surface area contributed by atoms with Crippen molar-refractivity contribution in [3.05, 3.63) is 23.7 Å². The van der Waals surface area contributed by atoms with E-state index in [0.29, 0.717) is 0 Å². The Balaban J connectivity index is 2.36. The summed E-state index contributed by atoms with van der Waals surface area (Å²) in [4.78, 5) is 33.7. The van der Waals surface area contributed by atoms with Crippen molar-refractivity contribution < 1.29 is 23.9 Å².